The van der Waals surface area contributed by atoms with Crippen LogP contribution in [0, 0.1) is 6.92 Å². The van der Waals surface area contributed by atoms with E-state index >= 15 is 0 Å². The third kappa shape index (κ3) is 4.92. The van der Waals surface area contributed by atoms with E-state index in [-0.39, 0.29) is 17.4 Å². The summed E-state index contributed by atoms with van der Waals surface area (Å²) in [7, 11) is 0. The number of esters is 1. The zero-order valence-corrected chi connectivity index (χ0v) is 19.8. The van der Waals surface area contributed by atoms with E-state index in [0.717, 1.165) is 22.1 Å². The summed E-state index contributed by atoms with van der Waals surface area (Å²) in [5.41, 5.74) is 3.12. The maximum Gasteiger partial charge on any atom is 0.348 e. The van der Waals surface area contributed by atoms with Crippen molar-refractivity contribution in [3.63, 3.8) is 0 Å². The van der Waals surface area contributed by atoms with Crippen molar-refractivity contribution in [2.75, 3.05) is 4.90 Å². The van der Waals surface area contributed by atoms with Crippen molar-refractivity contribution >= 4 is 44.9 Å². The molecule has 2 aromatic heterocycles. The zero-order chi connectivity index (χ0) is 22.7. The first-order chi connectivity index (χ1) is 15.4. The van der Waals surface area contributed by atoms with E-state index in [0.29, 0.717) is 28.6 Å². The van der Waals surface area contributed by atoms with Crippen molar-refractivity contribution in [1.29, 1.82) is 0 Å². The number of anilines is 1. The molecule has 0 radical (unpaired) electrons. The Morgan fingerprint density at radius 1 is 1.00 bits per heavy atom. The van der Waals surface area contributed by atoms with Crippen molar-refractivity contribution in [2.45, 2.75) is 40.0 Å². The van der Waals surface area contributed by atoms with Crippen LogP contribution in [-0.4, -0.2) is 22.0 Å². The molecule has 4 rings (SSSR count). The summed E-state index contributed by atoms with van der Waals surface area (Å²) >= 11 is 7.64. The highest BCUT2D eigenvalue weighted by Crippen LogP contribution is 2.37. The summed E-state index contributed by atoms with van der Waals surface area (Å²) in [6.07, 6.45) is -0.200. The summed E-state index contributed by atoms with van der Waals surface area (Å²) in [5, 5.41) is 0.991. The molecule has 0 N–H and O–H groups in total. The van der Waals surface area contributed by atoms with Gasteiger partial charge in [-0.15, -0.1) is 11.3 Å². The molecule has 0 amide bonds. The van der Waals surface area contributed by atoms with E-state index in [2.05, 4.69) is 39.1 Å². The van der Waals surface area contributed by atoms with Crippen LogP contribution in [-0.2, 0) is 17.8 Å². The highest BCUT2D eigenvalue weighted by molar-refractivity contribution is 7.20. The first-order valence-corrected chi connectivity index (χ1v) is 11.6. The molecule has 0 fully saturated rings. The van der Waals surface area contributed by atoms with Gasteiger partial charge in [-0.05, 0) is 49.1 Å². The second kappa shape index (κ2) is 9.67. The van der Waals surface area contributed by atoms with E-state index in [9.17, 15) is 4.79 Å². The SMILES string of the molecule is Cc1c(C(=O)OC(C)C)sc2nc(Cl)nc(N(Cc3ccccc3)Cc3ccccc3)c12. The van der Waals surface area contributed by atoms with Crippen LogP contribution in [0.15, 0.2) is 60.7 Å². The van der Waals surface area contributed by atoms with Gasteiger partial charge in [0.15, 0.2) is 0 Å². The molecule has 0 saturated heterocycles. The molecule has 0 unspecified atom stereocenters. The molecule has 2 heterocycles. The van der Waals surface area contributed by atoms with Gasteiger partial charge >= 0.3 is 5.97 Å². The Balaban J connectivity index is 1.83. The first kappa shape index (κ1) is 22.2. The molecule has 0 spiro atoms. The fourth-order valence-electron chi connectivity index (χ4n) is 3.60. The van der Waals surface area contributed by atoms with Gasteiger partial charge in [0.05, 0.1) is 11.5 Å². The molecular formula is C25H24ClN3O2S. The van der Waals surface area contributed by atoms with Gasteiger partial charge in [0, 0.05) is 13.1 Å². The monoisotopic (exact) mass is 465 g/mol. The summed E-state index contributed by atoms with van der Waals surface area (Å²) in [6, 6.07) is 20.4. The Morgan fingerprint density at radius 2 is 1.56 bits per heavy atom. The number of thiophene rings is 1. The number of aromatic nitrogens is 2. The largest absolute Gasteiger partial charge is 0.459 e. The number of hydrogen-bond donors (Lipinski definition) is 0. The van der Waals surface area contributed by atoms with E-state index in [1.165, 1.54) is 11.3 Å². The van der Waals surface area contributed by atoms with Crippen LogP contribution in [0.4, 0.5) is 5.82 Å². The average molecular weight is 466 g/mol. The number of hydrogen-bond acceptors (Lipinski definition) is 6. The van der Waals surface area contributed by atoms with Gasteiger partial charge in [-0.2, -0.15) is 4.98 Å². The van der Waals surface area contributed by atoms with Crippen LogP contribution in [0.3, 0.4) is 0 Å². The maximum absolute atomic E-state index is 12.7. The van der Waals surface area contributed by atoms with Gasteiger partial charge in [-0.3, -0.25) is 0 Å². The molecule has 32 heavy (non-hydrogen) atoms. The van der Waals surface area contributed by atoms with Crippen molar-refractivity contribution < 1.29 is 9.53 Å². The van der Waals surface area contributed by atoms with Crippen LogP contribution >= 0.6 is 22.9 Å². The van der Waals surface area contributed by atoms with Crippen LogP contribution in [0.1, 0.15) is 40.2 Å². The number of carbonyl (C=O) groups is 1. The number of nitrogens with zero attached hydrogens (tertiary/aromatic N) is 3. The highest BCUT2D eigenvalue weighted by atomic mass is 35.5. The molecular weight excluding hydrogens is 442 g/mol. The molecule has 0 aliphatic carbocycles. The molecule has 0 bridgehead atoms. The third-order valence-corrected chi connectivity index (χ3v) is 6.34. The minimum absolute atomic E-state index is 0.156. The summed E-state index contributed by atoms with van der Waals surface area (Å²) in [5.74, 6) is 0.366. The fraction of sp³-hybridized carbons (Fsp3) is 0.240. The Morgan fingerprint density at radius 3 is 2.09 bits per heavy atom. The molecule has 0 aliphatic rings. The smallest absolute Gasteiger partial charge is 0.348 e. The topological polar surface area (TPSA) is 55.3 Å². The fourth-order valence-corrected chi connectivity index (χ4v) is 4.87. The number of benzene rings is 2. The first-order valence-electron chi connectivity index (χ1n) is 10.4. The van der Waals surface area contributed by atoms with E-state index < -0.39 is 0 Å². The van der Waals surface area contributed by atoms with Gasteiger partial charge in [0.25, 0.3) is 0 Å². The van der Waals surface area contributed by atoms with Crippen molar-refractivity contribution in [1.82, 2.24) is 9.97 Å². The number of carbonyl (C=O) groups excluding carboxylic acids is 1. The number of rotatable bonds is 7. The number of fused-ring (bicyclic) bond motifs is 1. The van der Waals surface area contributed by atoms with E-state index in [4.69, 9.17) is 16.3 Å². The van der Waals surface area contributed by atoms with Crippen molar-refractivity contribution in [2.24, 2.45) is 0 Å². The molecule has 5 nitrogen and oxygen atoms in total. The van der Waals surface area contributed by atoms with Gasteiger partial charge < -0.3 is 9.64 Å². The third-order valence-electron chi connectivity index (χ3n) is 5.00. The lowest BCUT2D eigenvalue weighted by atomic mass is 10.1. The van der Waals surface area contributed by atoms with Crippen LogP contribution < -0.4 is 4.90 Å². The highest BCUT2D eigenvalue weighted by Gasteiger charge is 2.24. The summed E-state index contributed by atoms with van der Waals surface area (Å²) in [4.78, 5) is 25.1. The predicted molar refractivity (Wildman–Crippen MR) is 130 cm³/mol. The second-order valence-corrected chi connectivity index (χ2v) is 9.17. The lowest BCUT2D eigenvalue weighted by Gasteiger charge is -2.25. The van der Waals surface area contributed by atoms with Crippen molar-refractivity contribution in [3.8, 4) is 0 Å². The molecule has 0 saturated carbocycles. The summed E-state index contributed by atoms with van der Waals surface area (Å²) < 4.78 is 5.45. The predicted octanol–water partition coefficient (Wildman–Crippen LogP) is 6.43. The number of halogens is 1. The summed E-state index contributed by atoms with van der Waals surface area (Å²) in [6.45, 7) is 6.87. The minimum atomic E-state index is -0.347. The normalized spacial score (nSPS) is 11.2. The number of aryl methyl sites for hydroxylation is 1. The molecule has 7 heteroatoms. The second-order valence-electron chi connectivity index (χ2n) is 7.83. The van der Waals surface area contributed by atoms with Gasteiger partial charge in [0.1, 0.15) is 15.5 Å². The Kier molecular flexibility index (Phi) is 6.72. The Bertz CT molecular complexity index is 1180. The molecule has 4 aromatic rings. The number of ether oxygens (including phenoxy) is 1. The maximum atomic E-state index is 12.7. The minimum Gasteiger partial charge on any atom is -0.459 e. The van der Waals surface area contributed by atoms with E-state index in [1.807, 2.05) is 57.2 Å². The van der Waals surface area contributed by atoms with Gasteiger partial charge in [0.2, 0.25) is 5.28 Å². The Hall–Kier alpha value is -2.96. The lowest BCUT2D eigenvalue weighted by Crippen LogP contribution is -2.23. The average Bonchev–Trinajstić information content (AvgIpc) is 3.10. The van der Waals surface area contributed by atoms with Gasteiger partial charge in [-0.1, -0.05) is 60.7 Å². The van der Waals surface area contributed by atoms with Crippen LogP contribution in [0.2, 0.25) is 5.28 Å². The molecule has 164 valence electrons. The molecule has 0 aliphatic heterocycles. The quantitative estimate of drug-likeness (QED) is 0.232. The van der Waals surface area contributed by atoms with Gasteiger partial charge in [-0.25, -0.2) is 9.78 Å². The van der Waals surface area contributed by atoms with Crippen molar-refractivity contribution in [3.05, 3.63) is 87.5 Å². The zero-order valence-electron chi connectivity index (χ0n) is 18.2. The molecule has 0 atom stereocenters. The lowest BCUT2D eigenvalue weighted by molar-refractivity contribution is 0.0383. The Labute approximate surface area is 196 Å². The van der Waals surface area contributed by atoms with Crippen LogP contribution in [0.5, 0.6) is 0 Å². The van der Waals surface area contributed by atoms with E-state index in [1.54, 1.807) is 0 Å². The molecule has 2 aromatic carbocycles. The standard InChI is InChI=1S/C25H24ClN3O2S/c1-16(2)31-24(30)21-17(3)20-22(27-25(26)28-23(20)32-21)29(14-18-10-6-4-7-11-18)15-19-12-8-5-9-13-19/h4-13,16H,14-15H2,1-3H3. The van der Waals surface area contributed by atoms with Crippen LogP contribution in [0.25, 0.3) is 10.2 Å².